The van der Waals surface area contributed by atoms with E-state index in [2.05, 4.69) is 23.5 Å². The summed E-state index contributed by atoms with van der Waals surface area (Å²) in [6.45, 7) is 0.895. The minimum absolute atomic E-state index is 0.254. The van der Waals surface area contributed by atoms with Crippen LogP contribution in [0.25, 0.3) is 0 Å². The first-order valence-electron chi connectivity index (χ1n) is 4.44. The number of allylic oxidation sites excluding steroid dienone is 1. The lowest BCUT2D eigenvalue weighted by Crippen LogP contribution is -2.43. The van der Waals surface area contributed by atoms with Gasteiger partial charge in [-0.25, -0.2) is 0 Å². The number of nitrogens with one attached hydrogen (secondary N) is 1. The molecule has 0 aromatic carbocycles. The van der Waals surface area contributed by atoms with Crippen LogP contribution in [-0.4, -0.2) is 19.7 Å². The first-order valence-corrected chi connectivity index (χ1v) is 4.44. The molecule has 0 saturated carbocycles. The topological polar surface area (TPSA) is 47.3 Å². The molecule has 0 aromatic rings. The van der Waals surface area contributed by atoms with Gasteiger partial charge in [0.1, 0.15) is 5.76 Å². The van der Waals surface area contributed by atoms with Gasteiger partial charge in [0, 0.05) is 24.2 Å². The minimum Gasteiger partial charge on any atom is -0.497 e. The zero-order valence-electron chi connectivity index (χ0n) is 7.66. The highest BCUT2D eigenvalue weighted by atomic mass is 16.5. The van der Waals surface area contributed by atoms with E-state index in [0.29, 0.717) is 5.92 Å². The number of nitrogens with two attached hydrogens (primary N) is 1. The molecule has 3 heteroatoms. The van der Waals surface area contributed by atoms with Crippen molar-refractivity contribution in [2.45, 2.75) is 6.04 Å². The Morgan fingerprint density at radius 1 is 1.62 bits per heavy atom. The van der Waals surface area contributed by atoms with Crippen molar-refractivity contribution in [2.75, 3.05) is 13.7 Å². The third kappa shape index (κ3) is 1.47. The van der Waals surface area contributed by atoms with Gasteiger partial charge in [0.15, 0.2) is 0 Å². The fourth-order valence-electron chi connectivity index (χ4n) is 1.78. The van der Waals surface area contributed by atoms with Crippen molar-refractivity contribution in [1.82, 2.24) is 5.32 Å². The molecule has 0 fully saturated rings. The number of fused-ring (bicyclic) bond motifs is 1. The Balaban J connectivity index is 2.28. The second kappa shape index (κ2) is 3.26. The Hall–Kier alpha value is -1.22. The van der Waals surface area contributed by atoms with Gasteiger partial charge in [0.05, 0.1) is 13.2 Å². The molecular formula is C10H14N2O. The van der Waals surface area contributed by atoms with Crippen molar-refractivity contribution in [3.63, 3.8) is 0 Å². The van der Waals surface area contributed by atoms with Crippen LogP contribution in [0.4, 0.5) is 0 Å². The number of rotatable bonds is 1. The molecule has 0 saturated heterocycles. The molecule has 0 bridgehead atoms. The molecule has 3 N–H and O–H groups in total. The molecule has 2 rings (SSSR count). The van der Waals surface area contributed by atoms with Crippen LogP contribution >= 0.6 is 0 Å². The summed E-state index contributed by atoms with van der Waals surface area (Å²) in [4.78, 5) is 0. The predicted molar refractivity (Wildman–Crippen MR) is 51.8 cm³/mol. The van der Waals surface area contributed by atoms with Crippen LogP contribution in [0.2, 0.25) is 0 Å². The van der Waals surface area contributed by atoms with Gasteiger partial charge < -0.3 is 15.8 Å². The van der Waals surface area contributed by atoms with E-state index in [1.807, 2.05) is 6.08 Å². The number of ether oxygens (including phenoxy) is 1. The van der Waals surface area contributed by atoms with E-state index in [4.69, 9.17) is 10.5 Å². The van der Waals surface area contributed by atoms with Crippen molar-refractivity contribution < 1.29 is 4.74 Å². The normalized spacial score (nSPS) is 31.8. The zero-order chi connectivity index (χ0) is 9.26. The van der Waals surface area contributed by atoms with Crippen LogP contribution in [0.5, 0.6) is 0 Å². The third-order valence-electron chi connectivity index (χ3n) is 2.46. The standard InChI is InChI=1S/C10H14N2O/c1-13-8-5-7-3-2-4-12-10(7)9(11)6-8/h2-3,5-7,10,12H,4,11H2,1H3. The van der Waals surface area contributed by atoms with E-state index in [9.17, 15) is 0 Å². The predicted octanol–water partition coefficient (Wildman–Crippen LogP) is 0.517. The average molecular weight is 178 g/mol. The van der Waals surface area contributed by atoms with E-state index in [1.54, 1.807) is 7.11 Å². The van der Waals surface area contributed by atoms with E-state index in [-0.39, 0.29) is 6.04 Å². The molecule has 13 heavy (non-hydrogen) atoms. The van der Waals surface area contributed by atoms with E-state index in [0.717, 1.165) is 18.0 Å². The molecule has 1 heterocycles. The molecule has 0 aromatic heterocycles. The summed E-state index contributed by atoms with van der Waals surface area (Å²) in [5.74, 6) is 1.20. The van der Waals surface area contributed by atoms with Crippen molar-refractivity contribution >= 4 is 0 Å². The molecular weight excluding hydrogens is 164 g/mol. The fourth-order valence-corrected chi connectivity index (χ4v) is 1.78. The van der Waals surface area contributed by atoms with E-state index >= 15 is 0 Å². The molecule has 0 amide bonds. The number of methoxy groups -OCH3 is 1. The summed E-state index contributed by atoms with van der Waals surface area (Å²) in [6, 6.07) is 0.254. The van der Waals surface area contributed by atoms with Crippen molar-refractivity contribution in [1.29, 1.82) is 0 Å². The average Bonchev–Trinajstić information content (AvgIpc) is 2.18. The van der Waals surface area contributed by atoms with Crippen LogP contribution < -0.4 is 11.1 Å². The minimum atomic E-state index is 0.254. The summed E-state index contributed by atoms with van der Waals surface area (Å²) in [5, 5.41) is 3.34. The van der Waals surface area contributed by atoms with Crippen molar-refractivity contribution in [2.24, 2.45) is 11.7 Å². The highest BCUT2D eigenvalue weighted by molar-refractivity contribution is 5.32. The molecule has 2 aliphatic rings. The smallest absolute Gasteiger partial charge is 0.117 e. The van der Waals surface area contributed by atoms with Gasteiger partial charge in [-0.1, -0.05) is 12.2 Å². The van der Waals surface area contributed by atoms with Crippen molar-refractivity contribution in [3.8, 4) is 0 Å². The summed E-state index contributed by atoms with van der Waals surface area (Å²) < 4.78 is 5.15. The van der Waals surface area contributed by atoms with Crippen LogP contribution in [0, 0.1) is 5.92 Å². The fraction of sp³-hybridized carbons (Fsp3) is 0.400. The first kappa shape index (κ1) is 8.38. The van der Waals surface area contributed by atoms with Gasteiger partial charge in [0.2, 0.25) is 0 Å². The summed E-state index contributed by atoms with van der Waals surface area (Å²) in [5.41, 5.74) is 6.75. The first-order chi connectivity index (χ1) is 6.31. The van der Waals surface area contributed by atoms with Gasteiger partial charge >= 0.3 is 0 Å². The molecule has 2 atom stereocenters. The van der Waals surface area contributed by atoms with Crippen LogP contribution in [0.1, 0.15) is 0 Å². The maximum absolute atomic E-state index is 5.90. The maximum atomic E-state index is 5.90. The summed E-state index contributed by atoms with van der Waals surface area (Å²) >= 11 is 0. The maximum Gasteiger partial charge on any atom is 0.117 e. The second-order valence-electron chi connectivity index (χ2n) is 3.31. The molecule has 70 valence electrons. The molecule has 0 radical (unpaired) electrons. The van der Waals surface area contributed by atoms with Crippen LogP contribution in [0.15, 0.2) is 35.8 Å². The largest absolute Gasteiger partial charge is 0.497 e. The van der Waals surface area contributed by atoms with E-state index in [1.165, 1.54) is 0 Å². The van der Waals surface area contributed by atoms with Crippen LogP contribution in [0.3, 0.4) is 0 Å². The lowest BCUT2D eigenvalue weighted by atomic mass is 9.89. The van der Waals surface area contributed by atoms with Gasteiger partial charge in [-0.15, -0.1) is 0 Å². The molecule has 1 aliphatic heterocycles. The Morgan fingerprint density at radius 2 is 2.46 bits per heavy atom. The molecule has 2 unspecified atom stereocenters. The Morgan fingerprint density at radius 3 is 3.23 bits per heavy atom. The Bertz CT molecular complexity index is 291. The molecule has 3 nitrogen and oxygen atoms in total. The number of hydrogen-bond donors (Lipinski definition) is 2. The Labute approximate surface area is 77.9 Å². The molecule has 1 aliphatic carbocycles. The zero-order valence-corrected chi connectivity index (χ0v) is 7.66. The third-order valence-corrected chi connectivity index (χ3v) is 2.46. The van der Waals surface area contributed by atoms with Gasteiger partial charge in [-0.3, -0.25) is 0 Å². The molecule has 0 spiro atoms. The second-order valence-corrected chi connectivity index (χ2v) is 3.31. The Kier molecular flexibility index (Phi) is 2.10. The highest BCUT2D eigenvalue weighted by Crippen LogP contribution is 2.23. The van der Waals surface area contributed by atoms with Gasteiger partial charge in [-0.05, 0) is 6.08 Å². The van der Waals surface area contributed by atoms with Crippen LogP contribution in [-0.2, 0) is 4.74 Å². The number of hydrogen-bond acceptors (Lipinski definition) is 3. The van der Waals surface area contributed by atoms with Gasteiger partial charge in [0.25, 0.3) is 0 Å². The summed E-state index contributed by atoms with van der Waals surface area (Å²) in [6.07, 6.45) is 8.25. The monoisotopic (exact) mass is 178 g/mol. The van der Waals surface area contributed by atoms with Crippen molar-refractivity contribution in [3.05, 3.63) is 35.8 Å². The lowest BCUT2D eigenvalue weighted by Gasteiger charge is -2.30. The quantitative estimate of drug-likeness (QED) is 0.575. The highest BCUT2D eigenvalue weighted by Gasteiger charge is 2.25. The SMILES string of the molecule is COC1=CC2C=CCNC2C(N)=C1. The summed E-state index contributed by atoms with van der Waals surface area (Å²) in [7, 11) is 1.66. The lowest BCUT2D eigenvalue weighted by molar-refractivity contribution is 0.296. The van der Waals surface area contributed by atoms with E-state index < -0.39 is 0 Å². The van der Waals surface area contributed by atoms with Gasteiger partial charge in [-0.2, -0.15) is 0 Å².